The maximum atomic E-state index is 9.07. The number of aromatic nitrogens is 1. The van der Waals surface area contributed by atoms with Gasteiger partial charge in [0.25, 0.3) is 0 Å². The minimum absolute atomic E-state index is 0.220. The molecule has 1 N–H and O–H groups in total. The number of aliphatic hydroxyl groups is 1. The van der Waals surface area contributed by atoms with E-state index < -0.39 is 0 Å². The van der Waals surface area contributed by atoms with Crippen molar-refractivity contribution in [2.75, 3.05) is 18.1 Å². The predicted octanol–water partition coefficient (Wildman–Crippen LogP) is 2.06. The van der Waals surface area contributed by atoms with Crippen LogP contribution >= 0.6 is 11.3 Å². The molecule has 0 amide bonds. The van der Waals surface area contributed by atoms with E-state index in [-0.39, 0.29) is 6.61 Å². The summed E-state index contributed by atoms with van der Waals surface area (Å²) in [5, 5.41) is 12.3. The number of nitrogens with zero attached hydrogens (tertiary/aromatic N) is 2. The Labute approximate surface area is 94.8 Å². The van der Waals surface area contributed by atoms with Crippen LogP contribution in [0.1, 0.15) is 31.9 Å². The van der Waals surface area contributed by atoms with Crippen LogP contribution in [0.3, 0.4) is 0 Å². The molecule has 0 bridgehead atoms. The smallest absolute Gasteiger partial charge is 0.185 e. The lowest BCUT2D eigenvalue weighted by atomic mass is 9.92. The molecular formula is C11H18N2OS. The molecule has 15 heavy (non-hydrogen) atoms. The van der Waals surface area contributed by atoms with Gasteiger partial charge in [0.2, 0.25) is 0 Å². The second-order valence-electron chi connectivity index (χ2n) is 3.98. The molecule has 0 saturated heterocycles. The molecule has 1 fully saturated rings. The Bertz CT molecular complexity index is 309. The van der Waals surface area contributed by atoms with Crippen LogP contribution < -0.4 is 4.90 Å². The second kappa shape index (κ2) is 4.94. The van der Waals surface area contributed by atoms with E-state index in [0.29, 0.717) is 6.04 Å². The predicted molar refractivity (Wildman–Crippen MR) is 63.6 cm³/mol. The summed E-state index contributed by atoms with van der Waals surface area (Å²) in [7, 11) is 0. The van der Waals surface area contributed by atoms with Crippen molar-refractivity contribution in [2.24, 2.45) is 0 Å². The first-order chi connectivity index (χ1) is 7.35. The van der Waals surface area contributed by atoms with Crippen LogP contribution in [0.15, 0.2) is 5.38 Å². The van der Waals surface area contributed by atoms with Crippen molar-refractivity contribution < 1.29 is 5.11 Å². The molecule has 2 rings (SSSR count). The molecule has 1 saturated carbocycles. The van der Waals surface area contributed by atoms with Crippen LogP contribution in [0.5, 0.6) is 0 Å². The van der Waals surface area contributed by atoms with Gasteiger partial charge in [0, 0.05) is 18.0 Å². The number of anilines is 1. The van der Waals surface area contributed by atoms with Crippen LogP contribution in [0, 0.1) is 0 Å². The van der Waals surface area contributed by atoms with Gasteiger partial charge in [-0.15, -0.1) is 11.3 Å². The van der Waals surface area contributed by atoms with Crippen LogP contribution in [0.25, 0.3) is 0 Å². The Morgan fingerprint density at radius 1 is 1.60 bits per heavy atom. The molecule has 0 unspecified atom stereocenters. The Morgan fingerprint density at radius 3 is 2.87 bits per heavy atom. The van der Waals surface area contributed by atoms with E-state index in [1.165, 1.54) is 19.3 Å². The fraction of sp³-hybridized carbons (Fsp3) is 0.727. The number of hydrogen-bond donors (Lipinski definition) is 1. The monoisotopic (exact) mass is 226 g/mol. The van der Waals surface area contributed by atoms with Crippen molar-refractivity contribution in [3.05, 3.63) is 11.1 Å². The van der Waals surface area contributed by atoms with E-state index in [4.69, 9.17) is 5.11 Å². The molecule has 1 heterocycles. The number of rotatable bonds is 5. The lowest BCUT2D eigenvalue weighted by molar-refractivity contribution is 0.283. The highest BCUT2D eigenvalue weighted by Gasteiger charge is 2.26. The van der Waals surface area contributed by atoms with Gasteiger partial charge in [-0.2, -0.15) is 0 Å². The molecule has 0 aliphatic heterocycles. The van der Waals surface area contributed by atoms with Gasteiger partial charge in [0.15, 0.2) is 5.13 Å². The van der Waals surface area contributed by atoms with Crippen molar-refractivity contribution in [1.82, 2.24) is 4.98 Å². The third-order valence-electron chi connectivity index (χ3n) is 3.00. The van der Waals surface area contributed by atoms with Crippen LogP contribution in [-0.4, -0.2) is 29.3 Å². The quantitative estimate of drug-likeness (QED) is 0.835. The zero-order valence-electron chi connectivity index (χ0n) is 9.15. The van der Waals surface area contributed by atoms with Gasteiger partial charge < -0.3 is 10.0 Å². The van der Waals surface area contributed by atoms with E-state index in [2.05, 4.69) is 22.2 Å². The summed E-state index contributed by atoms with van der Waals surface area (Å²) < 4.78 is 0. The zero-order valence-corrected chi connectivity index (χ0v) is 9.96. The van der Waals surface area contributed by atoms with Crippen molar-refractivity contribution >= 4 is 16.5 Å². The van der Waals surface area contributed by atoms with E-state index in [1.54, 1.807) is 11.3 Å². The number of aliphatic hydroxyl groups excluding tert-OH is 1. The molecule has 1 aliphatic carbocycles. The van der Waals surface area contributed by atoms with Gasteiger partial charge >= 0.3 is 0 Å². The van der Waals surface area contributed by atoms with Crippen molar-refractivity contribution in [1.29, 1.82) is 0 Å². The normalized spacial score (nSPS) is 16.4. The fourth-order valence-corrected chi connectivity index (χ4v) is 2.84. The third kappa shape index (κ3) is 2.32. The van der Waals surface area contributed by atoms with Crippen molar-refractivity contribution in [2.45, 2.75) is 38.6 Å². The van der Waals surface area contributed by atoms with E-state index in [9.17, 15) is 0 Å². The van der Waals surface area contributed by atoms with Gasteiger partial charge in [-0.3, -0.25) is 0 Å². The molecule has 1 aromatic rings. The average molecular weight is 226 g/mol. The standard InChI is InChI=1S/C11H18N2OS/c1-2-9-8-15-11(12-9)13(6-7-14)10-4-3-5-10/h8,10,14H,2-7H2,1H3. The first kappa shape index (κ1) is 10.9. The lowest BCUT2D eigenvalue weighted by Gasteiger charge is -2.37. The number of aryl methyl sites for hydroxylation is 1. The van der Waals surface area contributed by atoms with Crippen LogP contribution in [0.4, 0.5) is 5.13 Å². The Hall–Kier alpha value is -0.610. The molecule has 0 radical (unpaired) electrons. The molecule has 0 atom stereocenters. The lowest BCUT2D eigenvalue weighted by Crippen LogP contribution is -2.41. The minimum atomic E-state index is 0.220. The number of hydrogen-bond acceptors (Lipinski definition) is 4. The van der Waals surface area contributed by atoms with Gasteiger partial charge in [-0.25, -0.2) is 4.98 Å². The number of thiazole rings is 1. The Kier molecular flexibility index (Phi) is 3.59. The van der Waals surface area contributed by atoms with Crippen molar-refractivity contribution in [3.63, 3.8) is 0 Å². The zero-order chi connectivity index (χ0) is 10.7. The summed E-state index contributed by atoms with van der Waals surface area (Å²) in [6.07, 6.45) is 4.81. The maximum Gasteiger partial charge on any atom is 0.185 e. The fourth-order valence-electron chi connectivity index (χ4n) is 1.83. The maximum absolute atomic E-state index is 9.07. The highest BCUT2D eigenvalue weighted by Crippen LogP contribution is 2.31. The largest absolute Gasteiger partial charge is 0.395 e. The molecule has 0 spiro atoms. The first-order valence-electron chi connectivity index (χ1n) is 5.67. The van der Waals surface area contributed by atoms with Gasteiger partial charge in [0.05, 0.1) is 12.3 Å². The summed E-state index contributed by atoms with van der Waals surface area (Å²) in [6, 6.07) is 0.619. The molecule has 84 valence electrons. The highest BCUT2D eigenvalue weighted by molar-refractivity contribution is 7.13. The SMILES string of the molecule is CCc1csc(N(CCO)C2CCC2)n1. The van der Waals surface area contributed by atoms with Crippen LogP contribution in [-0.2, 0) is 6.42 Å². The van der Waals surface area contributed by atoms with E-state index in [1.807, 2.05) is 0 Å². The third-order valence-corrected chi connectivity index (χ3v) is 3.93. The molecular weight excluding hydrogens is 208 g/mol. The highest BCUT2D eigenvalue weighted by atomic mass is 32.1. The average Bonchev–Trinajstić information content (AvgIpc) is 2.62. The first-order valence-corrected chi connectivity index (χ1v) is 6.55. The molecule has 0 aromatic carbocycles. The van der Waals surface area contributed by atoms with E-state index in [0.717, 1.165) is 23.8 Å². The second-order valence-corrected chi connectivity index (χ2v) is 4.81. The van der Waals surface area contributed by atoms with Crippen molar-refractivity contribution in [3.8, 4) is 0 Å². The molecule has 1 aliphatic rings. The van der Waals surface area contributed by atoms with Crippen LogP contribution in [0.2, 0.25) is 0 Å². The molecule has 1 aromatic heterocycles. The molecule has 3 nitrogen and oxygen atoms in total. The van der Waals surface area contributed by atoms with E-state index >= 15 is 0 Å². The van der Waals surface area contributed by atoms with Gasteiger partial charge in [0.1, 0.15) is 0 Å². The minimum Gasteiger partial charge on any atom is -0.395 e. The summed E-state index contributed by atoms with van der Waals surface area (Å²) >= 11 is 1.70. The Morgan fingerprint density at radius 2 is 2.40 bits per heavy atom. The molecule has 4 heteroatoms. The summed E-state index contributed by atoms with van der Waals surface area (Å²) in [5.41, 5.74) is 1.16. The summed E-state index contributed by atoms with van der Waals surface area (Å²) in [5.74, 6) is 0. The summed E-state index contributed by atoms with van der Waals surface area (Å²) in [4.78, 5) is 6.86. The topological polar surface area (TPSA) is 36.4 Å². The van der Waals surface area contributed by atoms with Gasteiger partial charge in [-0.05, 0) is 25.7 Å². The Balaban J connectivity index is 2.08. The summed E-state index contributed by atoms with van der Waals surface area (Å²) in [6.45, 7) is 3.07. The van der Waals surface area contributed by atoms with Gasteiger partial charge in [-0.1, -0.05) is 6.92 Å².